The van der Waals surface area contributed by atoms with Crippen LogP contribution >= 0.6 is 0 Å². The highest BCUT2D eigenvalue weighted by molar-refractivity contribution is 5.75. The van der Waals surface area contributed by atoms with Crippen molar-refractivity contribution in [3.05, 3.63) is 0 Å². The Morgan fingerprint density at radius 3 is 2.33 bits per heavy atom. The normalized spacial score (nSPS) is 11.2. The van der Waals surface area contributed by atoms with Gasteiger partial charge in [-0.25, -0.2) is 0 Å². The molecule has 12 heavy (non-hydrogen) atoms. The van der Waals surface area contributed by atoms with Crippen LogP contribution in [0.4, 0.5) is 0 Å². The maximum absolute atomic E-state index is 10.7. The molecule has 0 amide bonds. The number of quaternary nitrogens is 1. The molecule has 0 spiro atoms. The standard InChI is InChI=1S/C9H18NO2/c1-9(12)5-7-10(2,3)6-4-8-11/h8H,4-7H2,1-3H3/q+1. The number of hydrogen-bond donors (Lipinski definition) is 0. The van der Waals surface area contributed by atoms with Crippen LogP contribution in [0, 0.1) is 0 Å². The average Bonchev–Trinajstić information content (AvgIpc) is 1.98. The molecule has 3 heteroatoms. The molecular weight excluding hydrogens is 154 g/mol. The van der Waals surface area contributed by atoms with Gasteiger partial charge in [0.25, 0.3) is 0 Å². The van der Waals surface area contributed by atoms with Gasteiger partial charge < -0.3 is 9.28 Å². The number of ketones is 1. The van der Waals surface area contributed by atoms with E-state index >= 15 is 0 Å². The molecule has 0 aliphatic rings. The van der Waals surface area contributed by atoms with E-state index in [0.717, 1.165) is 23.9 Å². The molecule has 0 radical (unpaired) electrons. The topological polar surface area (TPSA) is 34.1 Å². The summed E-state index contributed by atoms with van der Waals surface area (Å²) in [5, 5.41) is 0. The molecule has 0 saturated heterocycles. The molecule has 0 unspecified atom stereocenters. The minimum Gasteiger partial charge on any atom is -0.328 e. The summed E-state index contributed by atoms with van der Waals surface area (Å²) in [6, 6.07) is 0. The van der Waals surface area contributed by atoms with E-state index in [2.05, 4.69) is 0 Å². The number of rotatable bonds is 6. The second-order valence-corrected chi connectivity index (χ2v) is 3.79. The first-order valence-electron chi connectivity index (χ1n) is 4.23. The maximum atomic E-state index is 10.7. The summed E-state index contributed by atoms with van der Waals surface area (Å²) in [6.07, 6.45) is 2.10. The number of carbonyl (C=O) groups is 2. The number of nitrogens with zero attached hydrogens (tertiary/aromatic N) is 1. The van der Waals surface area contributed by atoms with E-state index in [0.29, 0.717) is 12.8 Å². The van der Waals surface area contributed by atoms with E-state index in [1.54, 1.807) is 6.92 Å². The molecule has 0 fully saturated rings. The van der Waals surface area contributed by atoms with Crippen molar-refractivity contribution in [3.8, 4) is 0 Å². The summed E-state index contributed by atoms with van der Waals surface area (Å²) >= 11 is 0. The fraction of sp³-hybridized carbons (Fsp3) is 0.778. The predicted octanol–water partition coefficient (Wildman–Crippen LogP) is 0.631. The Balaban J connectivity index is 3.69. The van der Waals surface area contributed by atoms with E-state index < -0.39 is 0 Å². The Bertz CT molecular complexity index is 164. The van der Waals surface area contributed by atoms with E-state index in [4.69, 9.17) is 0 Å². The number of Topliss-reactive ketones (excluding diaryl/α,β-unsaturated/α-hetero) is 1. The summed E-state index contributed by atoms with van der Waals surface area (Å²) < 4.78 is 0.748. The summed E-state index contributed by atoms with van der Waals surface area (Å²) in [5.74, 6) is 0.215. The number of aldehydes is 1. The van der Waals surface area contributed by atoms with Gasteiger partial charge in [-0.3, -0.25) is 4.79 Å². The van der Waals surface area contributed by atoms with Crippen LogP contribution in [0.3, 0.4) is 0 Å². The Morgan fingerprint density at radius 1 is 1.33 bits per heavy atom. The van der Waals surface area contributed by atoms with Gasteiger partial charge in [0, 0.05) is 0 Å². The van der Waals surface area contributed by atoms with Gasteiger partial charge in [-0.05, 0) is 6.92 Å². The summed E-state index contributed by atoms with van der Waals surface area (Å²) in [5.41, 5.74) is 0. The minimum absolute atomic E-state index is 0.215. The number of hydrogen-bond acceptors (Lipinski definition) is 2. The van der Waals surface area contributed by atoms with Gasteiger partial charge in [0.2, 0.25) is 0 Å². The Labute approximate surface area is 74.0 Å². The first kappa shape index (κ1) is 11.3. The van der Waals surface area contributed by atoms with Crippen LogP contribution in [0.25, 0.3) is 0 Å². The second kappa shape index (κ2) is 5.04. The van der Waals surface area contributed by atoms with Gasteiger partial charge in [0.05, 0.1) is 40.0 Å². The zero-order valence-corrected chi connectivity index (χ0v) is 8.17. The van der Waals surface area contributed by atoms with Crippen molar-refractivity contribution < 1.29 is 14.1 Å². The van der Waals surface area contributed by atoms with E-state index in [-0.39, 0.29) is 5.78 Å². The van der Waals surface area contributed by atoms with Gasteiger partial charge >= 0.3 is 0 Å². The average molecular weight is 172 g/mol. The molecular formula is C9H18NO2+. The van der Waals surface area contributed by atoms with E-state index in [1.807, 2.05) is 14.1 Å². The van der Waals surface area contributed by atoms with Crippen molar-refractivity contribution >= 4 is 12.1 Å². The van der Waals surface area contributed by atoms with Crippen LogP contribution < -0.4 is 0 Å². The molecule has 0 rings (SSSR count). The first-order chi connectivity index (χ1) is 5.48. The summed E-state index contributed by atoms with van der Waals surface area (Å²) in [6.45, 7) is 3.24. The lowest BCUT2D eigenvalue weighted by Gasteiger charge is -2.28. The lowest BCUT2D eigenvalue weighted by Crippen LogP contribution is -2.42. The maximum Gasteiger partial charge on any atom is 0.135 e. The van der Waals surface area contributed by atoms with Crippen molar-refractivity contribution in [1.29, 1.82) is 0 Å². The van der Waals surface area contributed by atoms with Crippen molar-refractivity contribution in [2.45, 2.75) is 19.8 Å². The van der Waals surface area contributed by atoms with E-state index in [9.17, 15) is 9.59 Å². The van der Waals surface area contributed by atoms with Gasteiger partial charge in [-0.2, -0.15) is 0 Å². The van der Waals surface area contributed by atoms with Crippen LogP contribution in [0.15, 0.2) is 0 Å². The van der Waals surface area contributed by atoms with Gasteiger partial charge in [-0.1, -0.05) is 0 Å². The number of carbonyl (C=O) groups excluding carboxylic acids is 2. The van der Waals surface area contributed by atoms with Crippen LogP contribution in [-0.4, -0.2) is 43.7 Å². The molecule has 3 nitrogen and oxygen atoms in total. The highest BCUT2D eigenvalue weighted by atomic mass is 16.1. The molecule has 0 saturated carbocycles. The highest BCUT2D eigenvalue weighted by Crippen LogP contribution is 2.00. The van der Waals surface area contributed by atoms with Crippen molar-refractivity contribution in [3.63, 3.8) is 0 Å². The third-order valence-corrected chi connectivity index (χ3v) is 1.92. The van der Waals surface area contributed by atoms with Gasteiger partial charge in [-0.15, -0.1) is 0 Å². The molecule has 0 aromatic rings. The molecule has 70 valence electrons. The zero-order valence-electron chi connectivity index (χ0n) is 8.17. The molecule has 0 atom stereocenters. The van der Waals surface area contributed by atoms with Crippen molar-refractivity contribution in [2.75, 3.05) is 27.2 Å². The minimum atomic E-state index is 0.215. The quantitative estimate of drug-likeness (QED) is 0.435. The van der Waals surface area contributed by atoms with Crippen LogP contribution in [0.5, 0.6) is 0 Å². The van der Waals surface area contributed by atoms with Crippen molar-refractivity contribution in [2.24, 2.45) is 0 Å². The first-order valence-corrected chi connectivity index (χ1v) is 4.23. The van der Waals surface area contributed by atoms with Crippen molar-refractivity contribution in [1.82, 2.24) is 0 Å². The fourth-order valence-corrected chi connectivity index (χ4v) is 0.974. The Kier molecular flexibility index (Phi) is 4.74. The molecule has 0 aliphatic carbocycles. The van der Waals surface area contributed by atoms with E-state index in [1.165, 1.54) is 0 Å². The molecule has 0 heterocycles. The molecule has 0 aliphatic heterocycles. The van der Waals surface area contributed by atoms with Crippen LogP contribution in [0.1, 0.15) is 19.8 Å². The van der Waals surface area contributed by atoms with Crippen LogP contribution in [0.2, 0.25) is 0 Å². The van der Waals surface area contributed by atoms with Gasteiger partial charge in [0.15, 0.2) is 0 Å². The Hall–Kier alpha value is -0.700. The molecule has 0 aromatic heterocycles. The monoisotopic (exact) mass is 172 g/mol. The lowest BCUT2D eigenvalue weighted by molar-refractivity contribution is -0.889. The smallest absolute Gasteiger partial charge is 0.135 e. The third kappa shape index (κ3) is 6.04. The third-order valence-electron chi connectivity index (χ3n) is 1.92. The van der Waals surface area contributed by atoms with Gasteiger partial charge in [0.1, 0.15) is 12.1 Å². The SMILES string of the molecule is CC(=O)CC[N+](C)(C)CCC=O. The lowest BCUT2D eigenvalue weighted by atomic mass is 10.2. The predicted molar refractivity (Wildman–Crippen MR) is 47.8 cm³/mol. The molecule has 0 bridgehead atoms. The molecule has 0 N–H and O–H groups in total. The largest absolute Gasteiger partial charge is 0.328 e. The Morgan fingerprint density at radius 2 is 1.92 bits per heavy atom. The summed E-state index contributed by atoms with van der Waals surface area (Å²) in [7, 11) is 4.07. The fourth-order valence-electron chi connectivity index (χ4n) is 0.974. The second-order valence-electron chi connectivity index (χ2n) is 3.79. The zero-order chi connectivity index (χ0) is 9.61. The summed E-state index contributed by atoms with van der Waals surface area (Å²) in [4.78, 5) is 20.8. The molecule has 0 aromatic carbocycles. The highest BCUT2D eigenvalue weighted by Gasteiger charge is 2.14. The van der Waals surface area contributed by atoms with Crippen LogP contribution in [-0.2, 0) is 9.59 Å².